The quantitative estimate of drug-likeness (QED) is 0.370. The van der Waals surface area contributed by atoms with E-state index in [1.165, 1.54) is 32.1 Å². The Morgan fingerprint density at radius 1 is 1.24 bits per heavy atom. The predicted octanol–water partition coefficient (Wildman–Crippen LogP) is 5.44. The van der Waals surface area contributed by atoms with E-state index in [1.807, 2.05) is 19.9 Å². The zero-order valence-electron chi connectivity index (χ0n) is 14.5. The second kappa shape index (κ2) is 8.41. The van der Waals surface area contributed by atoms with Crippen molar-refractivity contribution in [1.82, 2.24) is 0 Å². The number of rotatable bonds is 6. The van der Waals surface area contributed by atoms with Crippen LogP contribution in [0.3, 0.4) is 0 Å². The Balaban J connectivity index is 2.64. The van der Waals surface area contributed by atoms with Gasteiger partial charge < -0.3 is 4.74 Å². The summed E-state index contributed by atoms with van der Waals surface area (Å²) < 4.78 is 5.51. The molecule has 0 amide bonds. The predicted molar refractivity (Wildman–Crippen MR) is 89.1 cm³/mol. The van der Waals surface area contributed by atoms with E-state index in [0.717, 1.165) is 17.6 Å². The molecule has 0 aromatic carbocycles. The Hall–Kier alpha value is -1.05. The van der Waals surface area contributed by atoms with E-state index in [4.69, 9.17) is 4.74 Å². The van der Waals surface area contributed by atoms with Crippen LogP contribution in [0.15, 0.2) is 23.3 Å². The largest absolute Gasteiger partial charge is 0.462 e. The van der Waals surface area contributed by atoms with E-state index in [1.54, 1.807) is 0 Å². The summed E-state index contributed by atoms with van der Waals surface area (Å²) in [6.07, 6.45) is 11.7. The van der Waals surface area contributed by atoms with Gasteiger partial charge in [0.25, 0.3) is 0 Å². The monoisotopic (exact) mass is 292 g/mol. The molecule has 0 heterocycles. The molecule has 120 valence electrons. The van der Waals surface area contributed by atoms with Gasteiger partial charge in [-0.2, -0.15) is 0 Å². The van der Waals surface area contributed by atoms with Crippen molar-refractivity contribution in [1.29, 1.82) is 0 Å². The Labute approximate surface area is 130 Å². The molecule has 1 aliphatic carbocycles. The average molecular weight is 292 g/mol. The van der Waals surface area contributed by atoms with Crippen LogP contribution >= 0.6 is 0 Å². The molecule has 21 heavy (non-hydrogen) atoms. The molecular weight excluding hydrogens is 260 g/mol. The topological polar surface area (TPSA) is 26.3 Å². The third-order valence-electron chi connectivity index (χ3n) is 4.62. The first-order valence-corrected chi connectivity index (χ1v) is 8.42. The van der Waals surface area contributed by atoms with Crippen LogP contribution in [0.25, 0.3) is 0 Å². The van der Waals surface area contributed by atoms with Gasteiger partial charge in [-0.3, -0.25) is 0 Å². The molecule has 0 aliphatic heterocycles. The van der Waals surface area contributed by atoms with Crippen LogP contribution in [0.2, 0.25) is 0 Å². The average Bonchev–Trinajstić information content (AvgIpc) is 2.47. The molecule has 0 spiro atoms. The third-order valence-corrected chi connectivity index (χ3v) is 4.62. The van der Waals surface area contributed by atoms with Crippen molar-refractivity contribution in [3.8, 4) is 0 Å². The number of hydrogen-bond acceptors (Lipinski definition) is 2. The van der Waals surface area contributed by atoms with E-state index in [9.17, 15) is 4.79 Å². The fourth-order valence-electron chi connectivity index (χ4n) is 2.69. The van der Waals surface area contributed by atoms with Crippen molar-refractivity contribution >= 4 is 5.97 Å². The first-order valence-electron chi connectivity index (χ1n) is 8.42. The highest BCUT2D eigenvalue weighted by Crippen LogP contribution is 2.27. The van der Waals surface area contributed by atoms with Gasteiger partial charge in [0, 0.05) is 0 Å². The summed E-state index contributed by atoms with van der Waals surface area (Å²) in [5.74, 6) is 0.456. The van der Waals surface area contributed by atoms with E-state index in [-0.39, 0.29) is 11.4 Å². The van der Waals surface area contributed by atoms with Gasteiger partial charge in [-0.05, 0) is 50.0 Å². The van der Waals surface area contributed by atoms with Crippen LogP contribution in [0.1, 0.15) is 73.1 Å². The lowest BCUT2D eigenvalue weighted by molar-refractivity contribution is -0.141. The molecule has 2 nitrogen and oxygen atoms in total. The summed E-state index contributed by atoms with van der Waals surface area (Å²) in [5.41, 5.74) is 1.85. The van der Waals surface area contributed by atoms with Crippen molar-refractivity contribution in [2.24, 2.45) is 11.3 Å². The number of hydrogen-bond donors (Lipinski definition) is 0. The molecule has 0 radical (unpaired) electrons. The second-order valence-corrected chi connectivity index (χ2v) is 7.04. The highest BCUT2D eigenvalue weighted by molar-refractivity contribution is 5.93. The summed E-state index contributed by atoms with van der Waals surface area (Å²) in [6, 6.07) is 0. The van der Waals surface area contributed by atoms with Crippen LogP contribution in [-0.2, 0) is 9.53 Å². The summed E-state index contributed by atoms with van der Waals surface area (Å²) in [4.78, 5) is 12.3. The third kappa shape index (κ3) is 6.07. The first-order chi connectivity index (χ1) is 9.89. The lowest BCUT2D eigenvalue weighted by Crippen LogP contribution is -2.22. The van der Waals surface area contributed by atoms with Gasteiger partial charge in [0.1, 0.15) is 0 Å². The van der Waals surface area contributed by atoms with Crippen molar-refractivity contribution in [2.75, 3.05) is 6.61 Å². The van der Waals surface area contributed by atoms with E-state index in [0.29, 0.717) is 12.5 Å². The fraction of sp³-hybridized carbons (Fsp3) is 0.737. The molecule has 1 aliphatic rings. The SMILES string of the molecule is C/C=C(C(=O)OCC(C)(C)CC)\C(C)=C/C1CCCCC1. The highest BCUT2D eigenvalue weighted by Gasteiger charge is 2.20. The van der Waals surface area contributed by atoms with Crippen molar-refractivity contribution in [3.05, 3.63) is 23.3 Å². The van der Waals surface area contributed by atoms with Crippen LogP contribution in [-0.4, -0.2) is 12.6 Å². The maximum atomic E-state index is 12.3. The van der Waals surface area contributed by atoms with Gasteiger partial charge in [-0.1, -0.05) is 52.2 Å². The Bertz CT molecular complexity index is 396. The smallest absolute Gasteiger partial charge is 0.338 e. The molecule has 0 aromatic rings. The van der Waals surface area contributed by atoms with Gasteiger partial charge in [-0.25, -0.2) is 4.79 Å². The Morgan fingerprint density at radius 2 is 1.86 bits per heavy atom. The molecule has 0 bridgehead atoms. The first kappa shape index (κ1) is 18.0. The van der Waals surface area contributed by atoms with Crippen LogP contribution < -0.4 is 0 Å². The highest BCUT2D eigenvalue weighted by atomic mass is 16.5. The Kier molecular flexibility index (Phi) is 7.21. The molecule has 0 N–H and O–H groups in total. The van der Waals surface area contributed by atoms with E-state index < -0.39 is 0 Å². The lowest BCUT2D eigenvalue weighted by atomic mass is 9.87. The molecule has 0 atom stereocenters. The second-order valence-electron chi connectivity index (χ2n) is 7.04. The number of allylic oxidation sites excluding steroid dienone is 2. The molecule has 1 saturated carbocycles. The molecule has 2 heteroatoms. The number of ether oxygens (including phenoxy) is 1. The van der Waals surface area contributed by atoms with Gasteiger partial charge in [0.2, 0.25) is 0 Å². The van der Waals surface area contributed by atoms with Gasteiger partial charge in [0.05, 0.1) is 12.2 Å². The van der Waals surface area contributed by atoms with Gasteiger partial charge >= 0.3 is 5.97 Å². The Morgan fingerprint density at radius 3 is 2.38 bits per heavy atom. The molecule has 0 aromatic heterocycles. The van der Waals surface area contributed by atoms with Crippen LogP contribution in [0.4, 0.5) is 0 Å². The van der Waals surface area contributed by atoms with Crippen LogP contribution in [0, 0.1) is 11.3 Å². The maximum Gasteiger partial charge on any atom is 0.338 e. The number of esters is 1. The van der Waals surface area contributed by atoms with Crippen molar-refractivity contribution in [2.45, 2.75) is 73.1 Å². The summed E-state index contributed by atoms with van der Waals surface area (Å²) in [5, 5.41) is 0. The maximum absolute atomic E-state index is 12.3. The lowest BCUT2D eigenvalue weighted by Gasteiger charge is -2.23. The zero-order valence-corrected chi connectivity index (χ0v) is 14.5. The van der Waals surface area contributed by atoms with Crippen molar-refractivity contribution < 1.29 is 9.53 Å². The minimum Gasteiger partial charge on any atom is -0.462 e. The molecule has 1 fully saturated rings. The van der Waals surface area contributed by atoms with Crippen LogP contribution in [0.5, 0.6) is 0 Å². The molecule has 0 unspecified atom stereocenters. The molecule has 1 rings (SSSR count). The number of carbonyl (C=O) groups excluding carboxylic acids is 1. The van der Waals surface area contributed by atoms with Crippen molar-refractivity contribution in [3.63, 3.8) is 0 Å². The summed E-state index contributed by atoms with van der Waals surface area (Å²) in [6.45, 7) is 10.8. The normalized spacial score (nSPS) is 18.7. The minimum absolute atomic E-state index is 0.0511. The van der Waals surface area contributed by atoms with E-state index in [2.05, 4.69) is 26.8 Å². The summed E-state index contributed by atoms with van der Waals surface area (Å²) in [7, 11) is 0. The van der Waals surface area contributed by atoms with E-state index >= 15 is 0 Å². The minimum atomic E-state index is -0.177. The zero-order chi connectivity index (χ0) is 15.9. The summed E-state index contributed by atoms with van der Waals surface area (Å²) >= 11 is 0. The fourth-order valence-corrected chi connectivity index (χ4v) is 2.69. The molecule has 0 saturated heterocycles. The standard InChI is InChI=1S/C19H32O2/c1-6-17(18(20)21-14-19(4,5)7-2)15(3)13-16-11-9-8-10-12-16/h6,13,16H,7-12,14H2,1-5H3/b15-13-,17-6+. The van der Waals surface area contributed by atoms with Gasteiger partial charge in [-0.15, -0.1) is 0 Å². The molecular formula is C19H32O2. The number of carbonyl (C=O) groups is 1. The van der Waals surface area contributed by atoms with Gasteiger partial charge in [0.15, 0.2) is 0 Å².